The molecule has 0 bridgehead atoms. The van der Waals surface area contributed by atoms with Crippen LogP contribution in [-0.4, -0.2) is 55.6 Å². The molecule has 0 aromatic carbocycles. The Hall–Kier alpha value is -1.01. The van der Waals surface area contributed by atoms with E-state index in [1.54, 1.807) is 4.90 Å². The van der Waals surface area contributed by atoms with E-state index in [-0.39, 0.29) is 30.4 Å². The summed E-state index contributed by atoms with van der Waals surface area (Å²) in [5.41, 5.74) is 0. The Morgan fingerprint density at radius 1 is 1.23 bits per heavy atom. The lowest BCUT2D eigenvalue weighted by atomic mass is 9.93. The number of nitrogens with zero attached hydrogens (tertiary/aromatic N) is 1. The molecule has 0 spiro atoms. The Kier molecular flexibility index (Phi) is 8.56. The van der Waals surface area contributed by atoms with E-state index in [1.165, 1.54) is 12.8 Å². The molecule has 0 saturated carbocycles. The average molecular weight is 333 g/mol. The molecule has 2 fully saturated rings. The summed E-state index contributed by atoms with van der Waals surface area (Å²) in [4.78, 5) is 25.5. The SMILES string of the molecule is CCNC(=O)N1CCC(NC(=O)CCC2CCNCC2)C1.Cl. The van der Waals surface area contributed by atoms with Crippen molar-refractivity contribution >= 4 is 24.3 Å². The first-order valence-corrected chi connectivity index (χ1v) is 8.22. The Balaban J connectivity index is 0.00000242. The van der Waals surface area contributed by atoms with E-state index in [2.05, 4.69) is 16.0 Å². The molecule has 1 unspecified atom stereocenters. The fraction of sp³-hybridized carbons (Fsp3) is 0.867. The normalized spacial score (nSPS) is 22.0. The minimum atomic E-state index is -0.0241. The number of amides is 3. The number of hydrogen-bond acceptors (Lipinski definition) is 3. The Bertz CT molecular complexity index is 361. The Morgan fingerprint density at radius 2 is 1.95 bits per heavy atom. The summed E-state index contributed by atoms with van der Waals surface area (Å²) in [5.74, 6) is 0.823. The predicted molar refractivity (Wildman–Crippen MR) is 89.3 cm³/mol. The van der Waals surface area contributed by atoms with Crippen LogP contribution in [0.3, 0.4) is 0 Å². The molecule has 0 radical (unpaired) electrons. The highest BCUT2D eigenvalue weighted by molar-refractivity contribution is 5.85. The number of nitrogens with one attached hydrogen (secondary N) is 3. The average Bonchev–Trinajstić information content (AvgIpc) is 2.95. The van der Waals surface area contributed by atoms with Gasteiger partial charge in [-0.25, -0.2) is 4.79 Å². The van der Waals surface area contributed by atoms with Crippen molar-refractivity contribution in [2.75, 3.05) is 32.7 Å². The van der Waals surface area contributed by atoms with E-state index in [9.17, 15) is 9.59 Å². The third kappa shape index (κ3) is 6.01. The highest BCUT2D eigenvalue weighted by Gasteiger charge is 2.27. The van der Waals surface area contributed by atoms with Gasteiger partial charge in [0.15, 0.2) is 0 Å². The van der Waals surface area contributed by atoms with Gasteiger partial charge in [-0.05, 0) is 51.6 Å². The quantitative estimate of drug-likeness (QED) is 0.706. The largest absolute Gasteiger partial charge is 0.352 e. The van der Waals surface area contributed by atoms with E-state index in [0.29, 0.717) is 25.4 Å². The molecule has 0 aromatic heterocycles. The molecule has 7 heteroatoms. The number of urea groups is 1. The van der Waals surface area contributed by atoms with Crippen LogP contribution in [0.4, 0.5) is 4.79 Å². The molecule has 2 heterocycles. The van der Waals surface area contributed by atoms with Gasteiger partial charge in [0, 0.05) is 32.1 Å². The van der Waals surface area contributed by atoms with Crippen molar-refractivity contribution in [2.24, 2.45) is 5.92 Å². The molecule has 2 rings (SSSR count). The number of piperidine rings is 1. The van der Waals surface area contributed by atoms with Crippen molar-refractivity contribution in [1.29, 1.82) is 0 Å². The maximum atomic E-state index is 12.0. The van der Waals surface area contributed by atoms with Gasteiger partial charge in [-0.1, -0.05) is 0 Å². The van der Waals surface area contributed by atoms with E-state index in [4.69, 9.17) is 0 Å². The second-order valence-corrected chi connectivity index (χ2v) is 6.07. The smallest absolute Gasteiger partial charge is 0.317 e. The van der Waals surface area contributed by atoms with Crippen LogP contribution >= 0.6 is 12.4 Å². The van der Waals surface area contributed by atoms with E-state index in [0.717, 1.165) is 32.5 Å². The summed E-state index contributed by atoms with van der Waals surface area (Å²) in [6.07, 6.45) is 4.82. The van der Waals surface area contributed by atoms with Gasteiger partial charge in [0.25, 0.3) is 0 Å². The summed E-state index contributed by atoms with van der Waals surface area (Å²) in [7, 11) is 0. The first kappa shape index (κ1) is 19.0. The minimum Gasteiger partial charge on any atom is -0.352 e. The van der Waals surface area contributed by atoms with Gasteiger partial charge in [-0.3, -0.25) is 4.79 Å². The van der Waals surface area contributed by atoms with Crippen molar-refractivity contribution in [3.8, 4) is 0 Å². The summed E-state index contributed by atoms with van der Waals surface area (Å²) < 4.78 is 0. The maximum Gasteiger partial charge on any atom is 0.317 e. The van der Waals surface area contributed by atoms with Crippen LogP contribution in [0, 0.1) is 5.92 Å². The van der Waals surface area contributed by atoms with Gasteiger partial charge in [0.1, 0.15) is 0 Å². The first-order chi connectivity index (χ1) is 10.2. The maximum absolute atomic E-state index is 12.0. The van der Waals surface area contributed by atoms with Gasteiger partial charge in [0.2, 0.25) is 5.91 Å². The highest BCUT2D eigenvalue weighted by Crippen LogP contribution is 2.18. The monoisotopic (exact) mass is 332 g/mol. The van der Waals surface area contributed by atoms with Crippen molar-refractivity contribution in [3.05, 3.63) is 0 Å². The van der Waals surface area contributed by atoms with Gasteiger partial charge >= 0.3 is 6.03 Å². The number of carbonyl (C=O) groups excluding carboxylic acids is 2. The van der Waals surface area contributed by atoms with E-state index < -0.39 is 0 Å². The second-order valence-electron chi connectivity index (χ2n) is 6.07. The molecule has 0 aliphatic carbocycles. The van der Waals surface area contributed by atoms with Crippen molar-refractivity contribution in [3.63, 3.8) is 0 Å². The molecule has 1 atom stereocenters. The molecule has 2 aliphatic rings. The zero-order valence-corrected chi connectivity index (χ0v) is 14.2. The zero-order valence-electron chi connectivity index (χ0n) is 13.4. The molecule has 128 valence electrons. The van der Waals surface area contributed by atoms with Gasteiger partial charge in [-0.2, -0.15) is 0 Å². The van der Waals surface area contributed by atoms with Crippen molar-refractivity contribution < 1.29 is 9.59 Å². The second kappa shape index (κ2) is 9.90. The third-order valence-electron chi connectivity index (χ3n) is 4.41. The first-order valence-electron chi connectivity index (χ1n) is 8.22. The fourth-order valence-corrected chi connectivity index (χ4v) is 3.13. The highest BCUT2D eigenvalue weighted by atomic mass is 35.5. The molecule has 0 aromatic rings. The van der Waals surface area contributed by atoms with Crippen LogP contribution in [-0.2, 0) is 4.79 Å². The lowest BCUT2D eigenvalue weighted by Gasteiger charge is -2.22. The standard InChI is InChI=1S/C15H28N4O2.ClH/c1-2-17-15(21)19-10-7-13(11-19)18-14(20)4-3-12-5-8-16-9-6-12;/h12-13,16H,2-11H2,1H3,(H,17,21)(H,18,20);1H. The number of rotatable bonds is 5. The third-order valence-corrected chi connectivity index (χ3v) is 4.41. The molecule has 3 amide bonds. The van der Waals surface area contributed by atoms with Crippen LogP contribution in [0.1, 0.15) is 39.0 Å². The summed E-state index contributed by atoms with van der Waals surface area (Å²) in [6, 6.07) is 0.0945. The van der Waals surface area contributed by atoms with Crippen molar-refractivity contribution in [2.45, 2.75) is 45.1 Å². The molecule has 22 heavy (non-hydrogen) atoms. The zero-order chi connectivity index (χ0) is 15.1. The predicted octanol–water partition coefficient (Wildman–Crippen LogP) is 1.11. The topological polar surface area (TPSA) is 73.5 Å². The minimum absolute atomic E-state index is 0. The van der Waals surface area contributed by atoms with Crippen LogP contribution in [0.15, 0.2) is 0 Å². The fourth-order valence-electron chi connectivity index (χ4n) is 3.13. The molecular weight excluding hydrogens is 304 g/mol. The van der Waals surface area contributed by atoms with E-state index >= 15 is 0 Å². The lowest BCUT2D eigenvalue weighted by Crippen LogP contribution is -2.42. The molecular formula is C15H29ClN4O2. The molecule has 3 N–H and O–H groups in total. The van der Waals surface area contributed by atoms with Gasteiger partial charge < -0.3 is 20.9 Å². The summed E-state index contributed by atoms with van der Waals surface area (Å²) >= 11 is 0. The van der Waals surface area contributed by atoms with E-state index in [1.807, 2.05) is 6.92 Å². The molecule has 2 saturated heterocycles. The Labute approximate surface area is 139 Å². The van der Waals surface area contributed by atoms with Crippen LogP contribution in [0.2, 0.25) is 0 Å². The van der Waals surface area contributed by atoms with Crippen LogP contribution < -0.4 is 16.0 Å². The van der Waals surface area contributed by atoms with Gasteiger partial charge in [0.05, 0.1) is 0 Å². The molecule has 6 nitrogen and oxygen atoms in total. The number of halogens is 1. The van der Waals surface area contributed by atoms with Crippen LogP contribution in [0.25, 0.3) is 0 Å². The summed E-state index contributed by atoms with van der Waals surface area (Å²) in [6.45, 7) is 6.07. The number of carbonyl (C=O) groups is 2. The molecule has 2 aliphatic heterocycles. The summed E-state index contributed by atoms with van der Waals surface area (Å²) in [5, 5.41) is 9.21. The van der Waals surface area contributed by atoms with Crippen LogP contribution in [0.5, 0.6) is 0 Å². The lowest BCUT2D eigenvalue weighted by molar-refractivity contribution is -0.122. The number of hydrogen-bond donors (Lipinski definition) is 3. The Morgan fingerprint density at radius 3 is 2.64 bits per heavy atom. The van der Waals surface area contributed by atoms with Gasteiger partial charge in [-0.15, -0.1) is 12.4 Å². The van der Waals surface area contributed by atoms with Crippen molar-refractivity contribution in [1.82, 2.24) is 20.9 Å². The number of likely N-dealkylation sites (tertiary alicyclic amines) is 1.